The summed E-state index contributed by atoms with van der Waals surface area (Å²) < 4.78 is 18.9. The summed E-state index contributed by atoms with van der Waals surface area (Å²) in [5.41, 5.74) is 9.24. The first-order valence-corrected chi connectivity index (χ1v) is 6.62. The van der Waals surface area contributed by atoms with Crippen molar-refractivity contribution >= 4 is 11.0 Å². The number of fused-ring (bicyclic) bond motifs is 1. The topological polar surface area (TPSA) is 39.2 Å². The Bertz CT molecular complexity index is 748. The van der Waals surface area contributed by atoms with Gasteiger partial charge in [0.15, 0.2) is 0 Å². The SMILES string of the molecule is Cc1cccc(CC(N)c2cc3cc(F)ccc3o2)c1. The van der Waals surface area contributed by atoms with E-state index in [1.807, 2.05) is 12.1 Å². The molecule has 0 bridgehead atoms. The standard InChI is InChI=1S/C17H16FNO/c1-11-3-2-4-12(7-11)8-15(19)17-10-13-9-14(18)5-6-16(13)20-17/h2-7,9-10,15H,8,19H2,1H3. The molecule has 2 N–H and O–H groups in total. The highest BCUT2D eigenvalue weighted by atomic mass is 19.1. The average molecular weight is 269 g/mol. The first-order valence-electron chi connectivity index (χ1n) is 6.62. The zero-order chi connectivity index (χ0) is 14.1. The predicted octanol–water partition coefficient (Wildman–Crippen LogP) is 4.12. The molecule has 0 saturated heterocycles. The highest BCUT2D eigenvalue weighted by molar-refractivity contribution is 5.78. The zero-order valence-electron chi connectivity index (χ0n) is 11.3. The zero-order valence-corrected chi connectivity index (χ0v) is 11.3. The summed E-state index contributed by atoms with van der Waals surface area (Å²) in [5.74, 6) is 0.421. The van der Waals surface area contributed by atoms with E-state index in [1.165, 1.54) is 23.3 Å². The number of halogens is 1. The van der Waals surface area contributed by atoms with Gasteiger partial charge in [-0.15, -0.1) is 0 Å². The molecule has 0 aliphatic heterocycles. The Balaban J connectivity index is 1.86. The molecule has 2 nitrogen and oxygen atoms in total. The molecule has 20 heavy (non-hydrogen) atoms. The van der Waals surface area contributed by atoms with E-state index < -0.39 is 0 Å². The molecule has 3 heteroatoms. The van der Waals surface area contributed by atoms with Crippen molar-refractivity contribution in [1.29, 1.82) is 0 Å². The van der Waals surface area contributed by atoms with E-state index in [9.17, 15) is 4.39 Å². The number of furan rings is 1. The molecule has 2 aromatic carbocycles. The van der Waals surface area contributed by atoms with Gasteiger partial charge in [0.2, 0.25) is 0 Å². The molecule has 0 spiro atoms. The summed E-state index contributed by atoms with van der Waals surface area (Å²) in [5, 5.41) is 0.750. The van der Waals surface area contributed by atoms with Crippen LogP contribution in [0.25, 0.3) is 11.0 Å². The molecule has 1 aromatic heterocycles. The minimum Gasteiger partial charge on any atom is -0.459 e. The summed E-state index contributed by atoms with van der Waals surface area (Å²) in [7, 11) is 0. The van der Waals surface area contributed by atoms with Crippen LogP contribution >= 0.6 is 0 Å². The lowest BCUT2D eigenvalue weighted by Gasteiger charge is -2.09. The number of aryl methyl sites for hydroxylation is 1. The van der Waals surface area contributed by atoms with Crippen molar-refractivity contribution in [3.8, 4) is 0 Å². The van der Waals surface area contributed by atoms with Crippen LogP contribution in [0.2, 0.25) is 0 Å². The Morgan fingerprint density at radius 3 is 2.80 bits per heavy atom. The van der Waals surface area contributed by atoms with E-state index in [0.29, 0.717) is 17.8 Å². The summed E-state index contributed by atoms with van der Waals surface area (Å²) in [6.45, 7) is 2.05. The van der Waals surface area contributed by atoms with Gasteiger partial charge in [0.25, 0.3) is 0 Å². The molecular formula is C17H16FNO. The van der Waals surface area contributed by atoms with Crippen LogP contribution in [-0.2, 0) is 6.42 Å². The van der Waals surface area contributed by atoms with Gasteiger partial charge in [-0.25, -0.2) is 4.39 Å². The molecule has 0 aliphatic carbocycles. The summed E-state index contributed by atoms with van der Waals surface area (Å²) in [4.78, 5) is 0. The monoisotopic (exact) mass is 269 g/mol. The Morgan fingerprint density at radius 2 is 2.00 bits per heavy atom. The quantitative estimate of drug-likeness (QED) is 0.776. The van der Waals surface area contributed by atoms with Gasteiger partial charge in [-0.3, -0.25) is 0 Å². The van der Waals surface area contributed by atoms with Crippen LogP contribution in [0.3, 0.4) is 0 Å². The maximum absolute atomic E-state index is 13.2. The van der Waals surface area contributed by atoms with E-state index in [0.717, 1.165) is 5.39 Å². The van der Waals surface area contributed by atoms with Crippen LogP contribution in [0.4, 0.5) is 4.39 Å². The molecule has 0 amide bonds. The molecule has 0 fully saturated rings. The largest absolute Gasteiger partial charge is 0.459 e. The van der Waals surface area contributed by atoms with Gasteiger partial charge in [-0.05, 0) is 43.2 Å². The van der Waals surface area contributed by atoms with Crippen LogP contribution in [0.1, 0.15) is 22.9 Å². The number of hydrogen-bond donors (Lipinski definition) is 1. The van der Waals surface area contributed by atoms with Gasteiger partial charge < -0.3 is 10.2 Å². The second kappa shape index (κ2) is 5.10. The number of nitrogens with two attached hydrogens (primary N) is 1. The molecule has 0 aliphatic rings. The van der Waals surface area contributed by atoms with Gasteiger partial charge >= 0.3 is 0 Å². The van der Waals surface area contributed by atoms with Crippen molar-refractivity contribution in [3.63, 3.8) is 0 Å². The fourth-order valence-corrected chi connectivity index (χ4v) is 2.41. The van der Waals surface area contributed by atoms with Crippen LogP contribution in [0.15, 0.2) is 52.9 Å². The van der Waals surface area contributed by atoms with Crippen LogP contribution < -0.4 is 5.73 Å². The molecular weight excluding hydrogens is 253 g/mol. The molecule has 3 rings (SSSR count). The smallest absolute Gasteiger partial charge is 0.134 e. The maximum Gasteiger partial charge on any atom is 0.134 e. The van der Waals surface area contributed by atoms with Crippen molar-refractivity contribution in [2.24, 2.45) is 5.73 Å². The number of hydrogen-bond acceptors (Lipinski definition) is 2. The molecule has 1 heterocycles. The van der Waals surface area contributed by atoms with Crippen molar-refractivity contribution < 1.29 is 8.81 Å². The summed E-state index contributed by atoms with van der Waals surface area (Å²) >= 11 is 0. The second-order valence-electron chi connectivity index (χ2n) is 5.13. The minimum atomic E-state index is -0.267. The number of benzene rings is 2. The third kappa shape index (κ3) is 2.58. The van der Waals surface area contributed by atoms with E-state index >= 15 is 0 Å². The fraction of sp³-hybridized carbons (Fsp3) is 0.176. The van der Waals surface area contributed by atoms with Gasteiger partial charge in [-0.2, -0.15) is 0 Å². The van der Waals surface area contributed by atoms with E-state index in [2.05, 4.69) is 25.1 Å². The van der Waals surface area contributed by atoms with Crippen LogP contribution in [0.5, 0.6) is 0 Å². The van der Waals surface area contributed by atoms with Crippen molar-refractivity contribution in [3.05, 3.63) is 71.2 Å². The second-order valence-corrected chi connectivity index (χ2v) is 5.13. The van der Waals surface area contributed by atoms with Gasteiger partial charge in [0, 0.05) is 5.39 Å². The Labute approximate surface area is 117 Å². The average Bonchev–Trinajstić information content (AvgIpc) is 2.81. The first-order chi connectivity index (χ1) is 9.61. The Hall–Kier alpha value is -2.13. The Morgan fingerprint density at radius 1 is 1.15 bits per heavy atom. The molecule has 0 radical (unpaired) electrons. The fourth-order valence-electron chi connectivity index (χ4n) is 2.41. The number of rotatable bonds is 3. The summed E-state index contributed by atoms with van der Waals surface area (Å²) in [6.07, 6.45) is 0.698. The molecule has 0 saturated carbocycles. The highest BCUT2D eigenvalue weighted by Gasteiger charge is 2.13. The molecule has 3 aromatic rings. The molecule has 102 valence electrons. The van der Waals surface area contributed by atoms with Crippen LogP contribution in [-0.4, -0.2) is 0 Å². The third-order valence-electron chi connectivity index (χ3n) is 3.40. The molecule has 1 unspecified atom stereocenters. The van der Waals surface area contributed by atoms with Gasteiger partial charge in [-0.1, -0.05) is 29.8 Å². The molecule has 1 atom stereocenters. The maximum atomic E-state index is 13.2. The lowest BCUT2D eigenvalue weighted by Crippen LogP contribution is -2.12. The van der Waals surface area contributed by atoms with Gasteiger partial charge in [0.05, 0.1) is 6.04 Å². The lowest BCUT2D eigenvalue weighted by molar-refractivity contribution is 0.493. The van der Waals surface area contributed by atoms with E-state index in [1.54, 1.807) is 6.07 Å². The van der Waals surface area contributed by atoms with Crippen molar-refractivity contribution in [1.82, 2.24) is 0 Å². The van der Waals surface area contributed by atoms with E-state index in [-0.39, 0.29) is 11.9 Å². The van der Waals surface area contributed by atoms with Crippen molar-refractivity contribution in [2.75, 3.05) is 0 Å². The van der Waals surface area contributed by atoms with Crippen LogP contribution in [0, 0.1) is 12.7 Å². The Kier molecular flexibility index (Phi) is 3.28. The normalized spacial score (nSPS) is 12.8. The van der Waals surface area contributed by atoms with Crippen molar-refractivity contribution in [2.45, 2.75) is 19.4 Å². The summed E-state index contributed by atoms with van der Waals surface area (Å²) in [6, 6.07) is 14.3. The highest BCUT2D eigenvalue weighted by Crippen LogP contribution is 2.25. The first kappa shape index (κ1) is 12.9. The third-order valence-corrected chi connectivity index (χ3v) is 3.40. The van der Waals surface area contributed by atoms with E-state index in [4.69, 9.17) is 10.2 Å². The predicted molar refractivity (Wildman–Crippen MR) is 78.0 cm³/mol. The van der Waals surface area contributed by atoms with Gasteiger partial charge in [0.1, 0.15) is 17.2 Å². The lowest BCUT2D eigenvalue weighted by atomic mass is 10.0. The minimum absolute atomic E-state index is 0.229.